The van der Waals surface area contributed by atoms with E-state index in [1.165, 1.54) is 20.0 Å². The van der Waals surface area contributed by atoms with Crippen molar-refractivity contribution < 1.29 is 19.4 Å². The number of hydrogen-bond acceptors (Lipinski definition) is 5. The molecule has 2 fully saturated rings. The van der Waals surface area contributed by atoms with Gasteiger partial charge in [-0.1, -0.05) is 36.4 Å². The van der Waals surface area contributed by atoms with Crippen molar-refractivity contribution >= 4 is 33.7 Å². The number of rotatable bonds is 4. The Balaban J connectivity index is 0.000000139. The summed E-state index contributed by atoms with van der Waals surface area (Å²) in [6, 6.07) is 16.2. The fourth-order valence-electron chi connectivity index (χ4n) is 4.40. The van der Waals surface area contributed by atoms with Crippen LogP contribution in [0.15, 0.2) is 48.5 Å². The third-order valence-corrected chi connectivity index (χ3v) is 6.65. The van der Waals surface area contributed by atoms with E-state index in [1.807, 2.05) is 57.9 Å². The summed E-state index contributed by atoms with van der Waals surface area (Å²) >= 11 is 0. The molecule has 2 heterocycles. The molecule has 2 saturated carbocycles. The Morgan fingerprint density at radius 1 is 0.818 bits per heavy atom. The summed E-state index contributed by atoms with van der Waals surface area (Å²) in [5.74, 6) is -1.31. The number of hydrogen-bond donors (Lipinski definition) is 1. The van der Waals surface area contributed by atoms with E-state index in [0.717, 1.165) is 47.5 Å². The first-order valence-electron chi connectivity index (χ1n) is 11.3. The summed E-state index contributed by atoms with van der Waals surface area (Å²) in [7, 11) is 1.39. The van der Waals surface area contributed by atoms with E-state index in [9.17, 15) is 9.59 Å². The summed E-state index contributed by atoms with van der Waals surface area (Å²) in [5, 5.41) is 19.4. The van der Waals surface area contributed by atoms with Gasteiger partial charge in [0.25, 0.3) is 0 Å². The van der Waals surface area contributed by atoms with Gasteiger partial charge in [0, 0.05) is 10.8 Å². The Morgan fingerprint density at radius 3 is 1.70 bits per heavy atom. The zero-order valence-electron chi connectivity index (χ0n) is 18.5. The zero-order valence-corrected chi connectivity index (χ0v) is 18.5. The van der Waals surface area contributed by atoms with Gasteiger partial charge < -0.3 is 9.84 Å². The lowest BCUT2D eigenvalue weighted by molar-refractivity contribution is 0.0593. The average molecular weight is 447 g/mol. The molecule has 4 aromatic rings. The van der Waals surface area contributed by atoms with Crippen LogP contribution in [0.2, 0.25) is 0 Å². The van der Waals surface area contributed by atoms with Crippen molar-refractivity contribution in [3.63, 3.8) is 0 Å². The molecule has 0 radical (unpaired) electrons. The van der Waals surface area contributed by atoms with Gasteiger partial charge in [-0.15, -0.1) is 0 Å². The molecule has 1 N–H and O–H groups in total. The van der Waals surface area contributed by atoms with Crippen LogP contribution in [0.4, 0.5) is 0 Å². The second-order valence-corrected chi connectivity index (χ2v) is 8.59. The minimum Gasteiger partial charge on any atom is -0.476 e. The van der Waals surface area contributed by atoms with Crippen molar-refractivity contribution in [1.82, 2.24) is 19.6 Å². The van der Waals surface area contributed by atoms with Crippen LogP contribution in [-0.2, 0) is 4.74 Å². The molecule has 0 saturated heterocycles. The Labute approximate surface area is 190 Å². The number of carboxylic acid groups (broad SMARTS) is 1. The number of benzene rings is 2. The van der Waals surface area contributed by atoms with Gasteiger partial charge in [0.05, 0.1) is 30.2 Å². The first-order chi connectivity index (χ1) is 16.1. The Hall–Kier alpha value is -3.68. The van der Waals surface area contributed by atoms with E-state index in [4.69, 9.17) is 9.84 Å². The second kappa shape index (κ2) is 8.69. The summed E-state index contributed by atoms with van der Waals surface area (Å²) in [5.41, 5.74) is 2.56. The number of aromatic nitrogens is 4. The van der Waals surface area contributed by atoms with E-state index in [1.54, 1.807) is 0 Å². The van der Waals surface area contributed by atoms with Crippen molar-refractivity contribution in [2.45, 2.75) is 50.6 Å². The van der Waals surface area contributed by atoms with Crippen molar-refractivity contribution in [1.29, 1.82) is 0 Å². The summed E-state index contributed by atoms with van der Waals surface area (Å²) in [6.07, 6.45) is 6.95. The Kier molecular flexibility index (Phi) is 5.58. The molecule has 8 nitrogen and oxygen atoms in total. The molecule has 0 amide bonds. The van der Waals surface area contributed by atoms with Gasteiger partial charge in [0.1, 0.15) is 0 Å². The first-order valence-corrected chi connectivity index (χ1v) is 11.3. The normalized spacial score (nSPS) is 16.0. The smallest absolute Gasteiger partial charge is 0.359 e. The lowest BCUT2D eigenvalue weighted by Gasteiger charge is -2.26. The van der Waals surface area contributed by atoms with Gasteiger partial charge in [-0.2, -0.15) is 10.2 Å². The number of carbonyl (C=O) groups is 2. The highest BCUT2D eigenvalue weighted by Crippen LogP contribution is 2.35. The fraction of sp³-hybridized carbons (Fsp3) is 0.360. The maximum absolute atomic E-state index is 11.7. The number of nitrogens with zero attached hydrogens (tertiary/aromatic N) is 4. The minimum atomic E-state index is -0.950. The van der Waals surface area contributed by atoms with Gasteiger partial charge in [0.2, 0.25) is 0 Å². The molecular formula is C25H26N4O4. The van der Waals surface area contributed by atoms with Gasteiger partial charge in [-0.3, -0.25) is 9.36 Å². The van der Waals surface area contributed by atoms with Crippen molar-refractivity contribution in [3.8, 4) is 0 Å². The van der Waals surface area contributed by atoms with Crippen molar-refractivity contribution in [3.05, 3.63) is 59.9 Å². The summed E-state index contributed by atoms with van der Waals surface area (Å²) < 4.78 is 8.63. The minimum absolute atomic E-state index is 0.169. The lowest BCUT2D eigenvalue weighted by Crippen LogP contribution is -2.18. The van der Waals surface area contributed by atoms with E-state index >= 15 is 0 Å². The maximum atomic E-state index is 11.7. The largest absolute Gasteiger partial charge is 0.476 e. The third-order valence-electron chi connectivity index (χ3n) is 6.65. The fourth-order valence-corrected chi connectivity index (χ4v) is 4.40. The topological polar surface area (TPSA) is 99.2 Å². The van der Waals surface area contributed by atoms with Gasteiger partial charge in [-0.25, -0.2) is 9.59 Å². The van der Waals surface area contributed by atoms with E-state index in [-0.39, 0.29) is 11.7 Å². The van der Waals surface area contributed by atoms with Gasteiger partial charge in [-0.05, 0) is 50.7 Å². The predicted octanol–water partition coefficient (Wildman–Crippen LogP) is 5.01. The maximum Gasteiger partial charge on any atom is 0.359 e. The predicted molar refractivity (Wildman–Crippen MR) is 124 cm³/mol. The number of carboxylic acids is 1. The highest BCUT2D eigenvalue weighted by Gasteiger charge is 2.26. The number of fused-ring (bicyclic) bond motifs is 2. The van der Waals surface area contributed by atoms with Crippen LogP contribution in [0, 0.1) is 0 Å². The van der Waals surface area contributed by atoms with E-state index in [0.29, 0.717) is 17.8 Å². The standard InChI is InChI=1S/C13H14N2O2.C12H12N2O2/c1-17-13(16)12-10-7-2-3-8-11(10)15(14-12)9-5-4-6-9;15-12(16)11-9-6-1-2-7-10(9)14(13-11)8-4-3-5-8/h2-3,7-9H,4-6H2,1H3;1-2,6-8H,3-5H2,(H,15,16). The molecule has 0 aliphatic heterocycles. The molecule has 2 aliphatic carbocycles. The van der Waals surface area contributed by atoms with Crippen molar-refractivity contribution in [2.24, 2.45) is 0 Å². The van der Waals surface area contributed by atoms with E-state index < -0.39 is 5.97 Å². The molecule has 33 heavy (non-hydrogen) atoms. The molecule has 0 bridgehead atoms. The van der Waals surface area contributed by atoms with Crippen LogP contribution in [0.5, 0.6) is 0 Å². The number of ether oxygens (including phenoxy) is 1. The average Bonchev–Trinajstić information content (AvgIpc) is 3.32. The third kappa shape index (κ3) is 3.75. The lowest BCUT2D eigenvalue weighted by atomic mass is 9.93. The first kappa shape index (κ1) is 21.2. The Morgan fingerprint density at radius 2 is 1.27 bits per heavy atom. The van der Waals surface area contributed by atoms with Crippen LogP contribution in [0.1, 0.15) is 71.6 Å². The molecular weight excluding hydrogens is 420 g/mol. The zero-order chi connectivity index (χ0) is 22.9. The van der Waals surface area contributed by atoms with Gasteiger partial charge >= 0.3 is 11.9 Å². The van der Waals surface area contributed by atoms with E-state index in [2.05, 4.69) is 10.2 Å². The summed E-state index contributed by atoms with van der Waals surface area (Å²) in [6.45, 7) is 0. The number of para-hydroxylation sites is 2. The van der Waals surface area contributed by atoms with Crippen molar-refractivity contribution in [2.75, 3.05) is 7.11 Å². The SMILES string of the molecule is COC(=O)c1nn(C2CCC2)c2ccccc12.O=C(O)c1nn(C2CCC2)c2ccccc12. The number of carbonyl (C=O) groups excluding carboxylic acids is 1. The molecule has 0 spiro atoms. The monoisotopic (exact) mass is 446 g/mol. The molecule has 2 aliphatic rings. The molecule has 2 aromatic heterocycles. The van der Waals surface area contributed by atoms with Crippen LogP contribution in [0.25, 0.3) is 21.8 Å². The van der Waals surface area contributed by atoms with Gasteiger partial charge in [0.15, 0.2) is 11.4 Å². The quantitative estimate of drug-likeness (QED) is 0.443. The molecule has 0 atom stereocenters. The van der Waals surface area contributed by atoms with Crippen LogP contribution in [-0.4, -0.2) is 43.7 Å². The number of aromatic carboxylic acids is 1. The second-order valence-electron chi connectivity index (χ2n) is 8.59. The number of methoxy groups -OCH3 is 1. The highest BCUT2D eigenvalue weighted by atomic mass is 16.5. The van der Waals surface area contributed by atoms with Crippen LogP contribution in [0.3, 0.4) is 0 Å². The highest BCUT2D eigenvalue weighted by molar-refractivity contribution is 6.02. The van der Waals surface area contributed by atoms with Crippen LogP contribution < -0.4 is 0 Å². The molecule has 170 valence electrons. The molecule has 6 rings (SSSR count). The van der Waals surface area contributed by atoms with Crippen LogP contribution >= 0.6 is 0 Å². The Bertz CT molecular complexity index is 1330. The molecule has 8 heteroatoms. The number of esters is 1. The molecule has 2 aromatic carbocycles. The molecule has 0 unspecified atom stereocenters. The summed E-state index contributed by atoms with van der Waals surface area (Å²) in [4.78, 5) is 22.8.